The average Bonchev–Trinajstić information content (AvgIpc) is 3.52. The van der Waals surface area contributed by atoms with Crippen molar-refractivity contribution >= 4 is 34.0 Å². The van der Waals surface area contributed by atoms with E-state index in [1.165, 1.54) is 17.3 Å². The molecule has 152 valence electrons. The molecule has 0 bridgehead atoms. The molecule has 30 heavy (non-hydrogen) atoms. The first kappa shape index (κ1) is 20.3. The average molecular weight is 417 g/mol. The van der Waals surface area contributed by atoms with E-state index in [0.717, 1.165) is 33.5 Å². The van der Waals surface area contributed by atoms with Crippen molar-refractivity contribution in [2.24, 2.45) is 13.0 Å². The van der Waals surface area contributed by atoms with Gasteiger partial charge in [0.05, 0.1) is 12.7 Å². The van der Waals surface area contributed by atoms with Crippen molar-refractivity contribution in [2.45, 2.75) is 18.8 Å². The van der Waals surface area contributed by atoms with Crippen LogP contribution in [0.4, 0.5) is 0 Å². The van der Waals surface area contributed by atoms with Crippen LogP contribution in [0.5, 0.6) is 5.75 Å². The van der Waals surface area contributed by atoms with E-state index in [2.05, 4.69) is 6.07 Å². The van der Waals surface area contributed by atoms with Gasteiger partial charge in [-0.2, -0.15) is 5.26 Å². The summed E-state index contributed by atoms with van der Waals surface area (Å²) >= 11 is 1.50. The highest BCUT2D eigenvalue weighted by molar-refractivity contribution is 8.02. The number of nitriles is 1. The second-order valence-corrected chi connectivity index (χ2v) is 8.55. The number of thioether (sulfide) groups is 1. The molecule has 0 radical (unpaired) electrons. The lowest BCUT2D eigenvalue weighted by Crippen LogP contribution is -2.04. The monoisotopic (exact) mass is 416 g/mol. The molecule has 2 aromatic carbocycles. The van der Waals surface area contributed by atoms with Crippen molar-refractivity contribution in [2.75, 3.05) is 13.4 Å². The van der Waals surface area contributed by atoms with E-state index in [1.54, 1.807) is 7.11 Å². The number of methoxy groups -OCH3 is 1. The van der Waals surface area contributed by atoms with Gasteiger partial charge in [-0.3, -0.25) is 4.79 Å². The molecule has 1 aliphatic rings. The van der Waals surface area contributed by atoms with Crippen LogP contribution in [-0.4, -0.2) is 23.7 Å². The Kier molecular flexibility index (Phi) is 5.69. The Bertz CT molecular complexity index is 1170. The van der Waals surface area contributed by atoms with Crippen LogP contribution in [0.25, 0.3) is 16.5 Å². The third kappa shape index (κ3) is 3.76. The fourth-order valence-corrected chi connectivity index (χ4v) is 4.78. The Morgan fingerprint density at radius 1 is 1.23 bits per heavy atom. The molecule has 4 rings (SSSR count). The quantitative estimate of drug-likeness (QED) is 0.474. The smallest absolute Gasteiger partial charge is 0.141 e. The molecule has 1 aromatic heterocycles. The number of Topliss-reactive ketones (excluding diaryl/α,β-unsaturated/α-hetero) is 1. The van der Waals surface area contributed by atoms with Gasteiger partial charge in [0.2, 0.25) is 0 Å². The summed E-state index contributed by atoms with van der Waals surface area (Å²) in [7, 11) is 3.63. The lowest BCUT2D eigenvalue weighted by Gasteiger charge is -2.08. The first-order valence-electron chi connectivity index (χ1n) is 9.95. The molecule has 4 nitrogen and oxygen atoms in total. The van der Waals surface area contributed by atoms with Gasteiger partial charge in [-0.1, -0.05) is 30.3 Å². The Morgan fingerprint density at radius 3 is 2.63 bits per heavy atom. The SMILES string of the molecule is COc1ccc([C@@H]2C[C@H]2C(=O)C/C(SC)=C(\C#N)c2cn(C)c3ccccc23)cc1. The zero-order valence-corrected chi connectivity index (χ0v) is 18.2. The van der Waals surface area contributed by atoms with Crippen molar-refractivity contribution in [3.8, 4) is 11.8 Å². The van der Waals surface area contributed by atoms with Crippen LogP contribution in [0, 0.1) is 17.2 Å². The molecule has 1 heterocycles. The first-order valence-corrected chi connectivity index (χ1v) is 11.2. The second-order valence-electron chi connectivity index (χ2n) is 7.65. The van der Waals surface area contributed by atoms with Crippen LogP contribution >= 0.6 is 11.8 Å². The Balaban J connectivity index is 1.57. The summed E-state index contributed by atoms with van der Waals surface area (Å²) < 4.78 is 7.25. The number of carbonyl (C=O) groups is 1. The van der Waals surface area contributed by atoms with Gasteiger partial charge in [0.15, 0.2) is 0 Å². The van der Waals surface area contributed by atoms with E-state index in [1.807, 2.05) is 72.6 Å². The van der Waals surface area contributed by atoms with Gasteiger partial charge in [-0.25, -0.2) is 0 Å². The standard InChI is InChI=1S/C25H24N2O2S/c1-27-15-22(18-6-4-5-7-23(18)27)21(14-26)25(30-3)13-24(28)20-12-19(20)16-8-10-17(29-2)11-9-16/h4-11,15,19-20H,12-13H2,1-3H3/b25-21-/t19-,20+/m0/s1. The fraction of sp³-hybridized carbons (Fsp3) is 0.280. The minimum Gasteiger partial charge on any atom is -0.497 e. The summed E-state index contributed by atoms with van der Waals surface area (Å²) in [6, 6.07) is 18.4. The molecule has 0 saturated heterocycles. The number of rotatable bonds is 7. The zero-order valence-electron chi connectivity index (χ0n) is 17.4. The Morgan fingerprint density at radius 2 is 1.97 bits per heavy atom. The lowest BCUT2D eigenvalue weighted by atomic mass is 10.0. The van der Waals surface area contributed by atoms with E-state index in [9.17, 15) is 10.1 Å². The number of ketones is 1. The third-order valence-electron chi connectivity index (χ3n) is 5.89. The van der Waals surface area contributed by atoms with Crippen molar-refractivity contribution in [3.63, 3.8) is 0 Å². The molecular formula is C25H24N2O2S. The van der Waals surface area contributed by atoms with Crippen molar-refractivity contribution in [1.29, 1.82) is 5.26 Å². The molecule has 0 N–H and O–H groups in total. The van der Waals surface area contributed by atoms with Crippen LogP contribution < -0.4 is 4.74 Å². The number of aromatic nitrogens is 1. The Hall–Kier alpha value is -2.97. The fourth-order valence-electron chi connectivity index (χ4n) is 4.14. The summed E-state index contributed by atoms with van der Waals surface area (Å²) in [5.74, 6) is 1.35. The minimum absolute atomic E-state index is 0.0352. The number of carbonyl (C=O) groups excluding carboxylic acids is 1. The lowest BCUT2D eigenvalue weighted by molar-refractivity contribution is -0.119. The highest BCUT2D eigenvalue weighted by atomic mass is 32.2. The van der Waals surface area contributed by atoms with Crippen molar-refractivity contribution in [3.05, 3.63) is 70.8 Å². The Labute approximate surface area is 181 Å². The topological polar surface area (TPSA) is 55.0 Å². The molecule has 0 amide bonds. The molecule has 3 aromatic rings. The number of fused-ring (bicyclic) bond motifs is 1. The maximum absolute atomic E-state index is 13.0. The number of para-hydroxylation sites is 1. The molecule has 0 unspecified atom stereocenters. The number of hydrogen-bond donors (Lipinski definition) is 0. The maximum Gasteiger partial charge on any atom is 0.141 e. The predicted octanol–water partition coefficient (Wildman–Crippen LogP) is 5.55. The summed E-state index contributed by atoms with van der Waals surface area (Å²) in [6.45, 7) is 0. The van der Waals surface area contributed by atoms with Crippen LogP contribution in [0.2, 0.25) is 0 Å². The van der Waals surface area contributed by atoms with Crippen LogP contribution in [-0.2, 0) is 11.8 Å². The van der Waals surface area contributed by atoms with E-state index in [-0.39, 0.29) is 17.6 Å². The van der Waals surface area contributed by atoms with E-state index >= 15 is 0 Å². The molecule has 1 fully saturated rings. The second kappa shape index (κ2) is 8.41. The van der Waals surface area contributed by atoms with Gasteiger partial charge in [-0.05, 0) is 42.4 Å². The van der Waals surface area contributed by atoms with E-state index < -0.39 is 0 Å². The van der Waals surface area contributed by atoms with E-state index in [4.69, 9.17) is 4.74 Å². The highest BCUT2D eigenvalue weighted by Crippen LogP contribution is 2.49. The molecule has 0 aliphatic heterocycles. The summed E-state index contributed by atoms with van der Waals surface area (Å²) in [5.41, 5.74) is 3.76. The van der Waals surface area contributed by atoms with Crippen LogP contribution in [0.3, 0.4) is 0 Å². The van der Waals surface area contributed by atoms with Crippen molar-refractivity contribution in [1.82, 2.24) is 4.57 Å². The number of benzene rings is 2. The highest BCUT2D eigenvalue weighted by Gasteiger charge is 2.43. The normalized spacial score (nSPS) is 18.6. The van der Waals surface area contributed by atoms with Gasteiger partial charge in [0.25, 0.3) is 0 Å². The number of hydrogen-bond acceptors (Lipinski definition) is 4. The number of allylic oxidation sites excluding steroid dienone is 2. The van der Waals surface area contributed by atoms with Crippen molar-refractivity contribution < 1.29 is 9.53 Å². The third-order valence-corrected chi connectivity index (χ3v) is 6.73. The molecule has 1 aliphatic carbocycles. The molecular weight excluding hydrogens is 392 g/mol. The first-order chi connectivity index (χ1) is 14.6. The molecule has 2 atom stereocenters. The van der Waals surface area contributed by atoms with Crippen LogP contribution in [0.1, 0.15) is 29.9 Å². The zero-order chi connectivity index (χ0) is 21.3. The van der Waals surface area contributed by atoms with E-state index in [0.29, 0.717) is 12.0 Å². The summed E-state index contributed by atoms with van der Waals surface area (Å²) in [5, 5.41) is 11.0. The van der Waals surface area contributed by atoms with Gasteiger partial charge in [0.1, 0.15) is 17.6 Å². The number of aryl methyl sites for hydroxylation is 1. The molecule has 1 saturated carbocycles. The van der Waals surface area contributed by atoms with Gasteiger partial charge in [-0.15, -0.1) is 11.8 Å². The van der Waals surface area contributed by atoms with Gasteiger partial charge >= 0.3 is 0 Å². The van der Waals surface area contributed by atoms with Gasteiger partial charge < -0.3 is 9.30 Å². The summed E-state index contributed by atoms with van der Waals surface area (Å²) in [6.07, 6.45) is 5.12. The predicted molar refractivity (Wildman–Crippen MR) is 122 cm³/mol. The molecule has 0 spiro atoms. The van der Waals surface area contributed by atoms with Gasteiger partial charge in [0, 0.05) is 47.0 Å². The number of nitrogens with zero attached hydrogens (tertiary/aromatic N) is 2. The minimum atomic E-state index is 0.0352. The molecule has 5 heteroatoms. The van der Waals surface area contributed by atoms with Crippen LogP contribution in [0.15, 0.2) is 59.6 Å². The largest absolute Gasteiger partial charge is 0.497 e. The summed E-state index contributed by atoms with van der Waals surface area (Å²) in [4.78, 5) is 13.9. The number of ether oxygens (including phenoxy) is 1. The maximum atomic E-state index is 13.0.